The first-order valence-corrected chi connectivity index (χ1v) is 9.53. The molecule has 4 heteroatoms. The lowest BCUT2D eigenvalue weighted by atomic mass is 9.49. The second-order valence-electron chi connectivity index (χ2n) is 8.85. The molecule has 0 amide bonds. The molecule has 7 atom stereocenters. The third-order valence-electron chi connectivity index (χ3n) is 7.80. The Morgan fingerprint density at radius 1 is 1.29 bits per heavy atom. The van der Waals surface area contributed by atoms with Gasteiger partial charge in [-0.2, -0.15) is 0 Å². The fourth-order valence-electron chi connectivity index (χ4n) is 6.86. The van der Waals surface area contributed by atoms with Gasteiger partial charge in [-0.25, -0.2) is 4.79 Å². The summed E-state index contributed by atoms with van der Waals surface area (Å²) in [5.41, 5.74) is 1.40. The summed E-state index contributed by atoms with van der Waals surface area (Å²) in [6, 6.07) is 0. The number of hydrogen-bond donors (Lipinski definition) is 1. The minimum absolute atomic E-state index is 0.000476. The highest BCUT2D eigenvalue weighted by atomic mass is 16.7. The molecular weight excluding hydrogens is 304 g/mol. The zero-order chi connectivity index (χ0) is 17.1. The molecule has 0 radical (unpaired) electrons. The summed E-state index contributed by atoms with van der Waals surface area (Å²) in [5, 5.41) is 9.08. The van der Waals surface area contributed by atoms with E-state index < -0.39 is 6.16 Å². The minimum Gasteiger partial charge on any atom is -0.450 e. The maximum Gasteiger partial charge on any atom is 0.506 e. The second kappa shape index (κ2) is 5.60. The van der Waals surface area contributed by atoms with Crippen molar-refractivity contribution in [1.82, 2.24) is 0 Å². The van der Waals surface area contributed by atoms with Crippen LogP contribution in [0.2, 0.25) is 0 Å². The lowest BCUT2D eigenvalue weighted by molar-refractivity contribution is -0.116. The fourth-order valence-corrected chi connectivity index (χ4v) is 6.86. The maximum atomic E-state index is 11.8. The van der Waals surface area contributed by atoms with Crippen molar-refractivity contribution in [3.8, 4) is 0 Å². The van der Waals surface area contributed by atoms with E-state index in [1.165, 1.54) is 5.57 Å². The average Bonchev–Trinajstić information content (AvgIpc) is 2.83. The van der Waals surface area contributed by atoms with Crippen molar-refractivity contribution in [1.29, 1.82) is 0 Å². The summed E-state index contributed by atoms with van der Waals surface area (Å²) < 4.78 is 5.28. The van der Waals surface area contributed by atoms with Gasteiger partial charge in [0.05, 0.1) is 0 Å². The summed E-state index contributed by atoms with van der Waals surface area (Å²) in [6.45, 7) is 4.60. The SMILES string of the molecule is C[C@H]1CC2=CC(=O)CCC2C2CC[C@@]3(C)C(CC[C@@H]3OC(=O)O)C21. The molecule has 0 spiro atoms. The molecule has 0 aromatic rings. The predicted octanol–water partition coefficient (Wildman–Crippen LogP) is 4.44. The zero-order valence-electron chi connectivity index (χ0n) is 14.7. The first kappa shape index (κ1) is 16.2. The van der Waals surface area contributed by atoms with Gasteiger partial charge in [0, 0.05) is 11.8 Å². The van der Waals surface area contributed by atoms with Gasteiger partial charge in [-0.3, -0.25) is 4.79 Å². The van der Waals surface area contributed by atoms with E-state index in [1.54, 1.807) is 0 Å². The Bertz CT molecular complexity index is 594. The van der Waals surface area contributed by atoms with Gasteiger partial charge in [-0.15, -0.1) is 0 Å². The molecule has 4 nitrogen and oxygen atoms in total. The first-order valence-electron chi connectivity index (χ1n) is 9.53. The number of fused-ring (bicyclic) bond motifs is 5. The Kier molecular flexibility index (Phi) is 3.77. The van der Waals surface area contributed by atoms with Crippen LogP contribution in [0.15, 0.2) is 11.6 Å². The standard InChI is InChI=1S/C20H28O4/c1-11-9-12-10-13(21)3-4-14(12)15-7-8-20(2)16(18(11)15)5-6-17(20)24-19(22)23/h10-11,14-18H,3-9H2,1-2H3,(H,22,23)/t11-,14?,15?,16?,17-,18?,20-/m0/s1. The van der Waals surface area contributed by atoms with Crippen LogP contribution in [0.4, 0.5) is 4.79 Å². The number of carboxylic acid groups (broad SMARTS) is 1. The Balaban J connectivity index is 1.62. The lowest BCUT2D eigenvalue weighted by Gasteiger charge is -2.55. The summed E-state index contributed by atoms with van der Waals surface area (Å²) in [6.07, 6.45) is 7.62. The number of ketones is 1. The third kappa shape index (κ3) is 2.33. The highest BCUT2D eigenvalue weighted by molar-refractivity contribution is 5.91. The molecule has 0 aromatic heterocycles. The van der Waals surface area contributed by atoms with Crippen LogP contribution in [0.25, 0.3) is 0 Å². The van der Waals surface area contributed by atoms with Gasteiger partial charge in [0.15, 0.2) is 5.78 Å². The Hall–Kier alpha value is -1.32. The summed E-state index contributed by atoms with van der Waals surface area (Å²) >= 11 is 0. The Labute approximate surface area is 143 Å². The Morgan fingerprint density at radius 2 is 2.08 bits per heavy atom. The van der Waals surface area contributed by atoms with E-state index in [4.69, 9.17) is 9.84 Å². The smallest absolute Gasteiger partial charge is 0.450 e. The highest BCUT2D eigenvalue weighted by Crippen LogP contribution is 2.63. The molecule has 1 N–H and O–H groups in total. The molecule has 4 aliphatic carbocycles. The Morgan fingerprint density at radius 3 is 2.83 bits per heavy atom. The van der Waals surface area contributed by atoms with E-state index in [9.17, 15) is 9.59 Å². The number of rotatable bonds is 1. The van der Waals surface area contributed by atoms with Crippen LogP contribution in [-0.4, -0.2) is 23.1 Å². The van der Waals surface area contributed by atoms with E-state index >= 15 is 0 Å². The summed E-state index contributed by atoms with van der Waals surface area (Å²) in [4.78, 5) is 22.9. The molecule has 0 bridgehead atoms. The monoisotopic (exact) mass is 332 g/mol. The molecule has 3 saturated carbocycles. The van der Waals surface area contributed by atoms with Gasteiger partial charge < -0.3 is 9.84 Å². The molecule has 0 heterocycles. The number of hydrogen-bond acceptors (Lipinski definition) is 3. The van der Waals surface area contributed by atoms with Crippen LogP contribution >= 0.6 is 0 Å². The zero-order valence-corrected chi connectivity index (χ0v) is 14.7. The van der Waals surface area contributed by atoms with Crippen LogP contribution < -0.4 is 0 Å². The minimum atomic E-state index is -1.13. The van der Waals surface area contributed by atoms with Crippen LogP contribution in [0.1, 0.15) is 58.8 Å². The quantitative estimate of drug-likeness (QED) is 0.721. The van der Waals surface area contributed by atoms with Gasteiger partial charge in [0.1, 0.15) is 6.10 Å². The van der Waals surface area contributed by atoms with Crippen LogP contribution in [0.5, 0.6) is 0 Å². The molecular formula is C20H28O4. The second-order valence-corrected chi connectivity index (χ2v) is 8.85. The van der Waals surface area contributed by atoms with Crippen LogP contribution in [0.3, 0.4) is 0 Å². The number of carbonyl (C=O) groups is 2. The summed E-state index contributed by atoms with van der Waals surface area (Å²) in [5.74, 6) is 3.37. The van der Waals surface area contributed by atoms with Crippen LogP contribution in [-0.2, 0) is 9.53 Å². The molecule has 0 saturated heterocycles. The normalized spacial score (nSPS) is 47.2. The first-order chi connectivity index (χ1) is 11.4. The third-order valence-corrected chi connectivity index (χ3v) is 7.80. The maximum absolute atomic E-state index is 11.8. The van der Waals surface area contributed by atoms with E-state index in [-0.39, 0.29) is 11.5 Å². The lowest BCUT2D eigenvalue weighted by Crippen LogP contribution is -2.50. The molecule has 4 aliphatic rings. The topological polar surface area (TPSA) is 63.6 Å². The number of carbonyl (C=O) groups excluding carboxylic acids is 1. The summed E-state index contributed by atoms with van der Waals surface area (Å²) in [7, 11) is 0. The van der Waals surface area contributed by atoms with E-state index in [0.29, 0.717) is 41.8 Å². The molecule has 132 valence electrons. The molecule has 4 rings (SSSR count). The molecule has 0 aromatic carbocycles. The van der Waals surface area contributed by atoms with Crippen molar-refractivity contribution in [2.45, 2.75) is 64.9 Å². The fraction of sp³-hybridized carbons (Fsp3) is 0.800. The average molecular weight is 332 g/mol. The number of allylic oxidation sites excluding steroid dienone is 1. The molecule has 4 unspecified atom stereocenters. The van der Waals surface area contributed by atoms with E-state index in [1.807, 2.05) is 6.08 Å². The van der Waals surface area contributed by atoms with Crippen molar-refractivity contribution >= 4 is 11.9 Å². The molecule has 0 aliphatic heterocycles. The van der Waals surface area contributed by atoms with Gasteiger partial charge in [0.25, 0.3) is 0 Å². The van der Waals surface area contributed by atoms with Crippen LogP contribution in [0, 0.1) is 35.0 Å². The molecule has 3 fully saturated rings. The van der Waals surface area contributed by atoms with Gasteiger partial charge in [-0.05, 0) is 74.2 Å². The van der Waals surface area contributed by atoms with Gasteiger partial charge >= 0.3 is 6.16 Å². The predicted molar refractivity (Wildman–Crippen MR) is 89.5 cm³/mol. The van der Waals surface area contributed by atoms with Crippen molar-refractivity contribution in [3.63, 3.8) is 0 Å². The van der Waals surface area contributed by atoms with E-state index in [0.717, 1.165) is 38.5 Å². The van der Waals surface area contributed by atoms with Crippen molar-refractivity contribution in [2.24, 2.45) is 35.0 Å². The van der Waals surface area contributed by atoms with E-state index in [2.05, 4.69) is 13.8 Å². The largest absolute Gasteiger partial charge is 0.506 e. The van der Waals surface area contributed by atoms with Gasteiger partial charge in [-0.1, -0.05) is 19.4 Å². The van der Waals surface area contributed by atoms with Gasteiger partial charge in [0.2, 0.25) is 0 Å². The number of ether oxygens (including phenoxy) is 1. The van der Waals surface area contributed by atoms with Crippen molar-refractivity contribution in [2.75, 3.05) is 0 Å². The van der Waals surface area contributed by atoms with Crippen molar-refractivity contribution < 1.29 is 19.4 Å². The van der Waals surface area contributed by atoms with Crippen molar-refractivity contribution in [3.05, 3.63) is 11.6 Å². The highest BCUT2D eigenvalue weighted by Gasteiger charge is 2.59. The molecule has 24 heavy (non-hydrogen) atoms.